The van der Waals surface area contributed by atoms with E-state index in [2.05, 4.69) is 10.6 Å². The molecule has 0 aliphatic carbocycles. The number of fused-ring (bicyclic) bond motifs is 2. The fourth-order valence-corrected chi connectivity index (χ4v) is 4.39. The van der Waals surface area contributed by atoms with E-state index < -0.39 is 36.2 Å². The lowest BCUT2D eigenvalue weighted by atomic mass is 9.90. The predicted molar refractivity (Wildman–Crippen MR) is 164 cm³/mol. The molecule has 0 spiro atoms. The average molecular weight is 583 g/mol. The molecule has 1 aromatic carbocycles. The van der Waals surface area contributed by atoms with Gasteiger partial charge in [-0.2, -0.15) is 0 Å². The normalized spacial score (nSPS) is 26.9. The molecule has 0 saturated heterocycles. The first kappa shape index (κ1) is 34.5. The van der Waals surface area contributed by atoms with Crippen molar-refractivity contribution in [2.45, 2.75) is 84.7 Å². The first-order chi connectivity index (χ1) is 19.9. The number of carbonyl (C=O) groups excluding carboxylic acids is 3. The van der Waals surface area contributed by atoms with E-state index in [-0.39, 0.29) is 29.9 Å². The largest absolute Gasteiger partial charge is 0.508 e. The minimum Gasteiger partial charge on any atom is -0.508 e. The van der Waals surface area contributed by atoms with Gasteiger partial charge < -0.3 is 30.3 Å². The van der Waals surface area contributed by atoms with Crippen LogP contribution in [-0.4, -0.2) is 59.5 Å². The van der Waals surface area contributed by atoms with Crippen molar-refractivity contribution in [3.05, 3.63) is 71.9 Å². The lowest BCUT2D eigenvalue weighted by Gasteiger charge is -2.29. The minimum atomic E-state index is -0.880. The highest BCUT2D eigenvalue weighted by Gasteiger charge is 2.30. The highest BCUT2D eigenvalue weighted by Crippen LogP contribution is 2.24. The second-order valence-electron chi connectivity index (χ2n) is 11.0. The maximum absolute atomic E-state index is 12.9. The van der Waals surface area contributed by atoms with Crippen LogP contribution in [0.1, 0.15) is 59.4 Å². The number of esters is 1. The Morgan fingerprint density at radius 2 is 1.81 bits per heavy atom. The SMILES string of the molecule is CO[C@H]1/C=C/C=C/C=C/C[C@H](OC(=O)[C@@H](C)NC(=O)C(C)C)[C@@H](C)[C@@H](O)/C(C)=C/CCc2cc(O)cc(c2)NC(=O)C1. The van der Waals surface area contributed by atoms with Gasteiger partial charge in [-0.05, 0) is 50.0 Å². The van der Waals surface area contributed by atoms with E-state index in [4.69, 9.17) is 9.47 Å². The van der Waals surface area contributed by atoms with E-state index in [1.54, 1.807) is 51.1 Å². The molecule has 2 bridgehead atoms. The number of amides is 2. The molecular formula is C33H46N2O7. The number of hydrogen-bond acceptors (Lipinski definition) is 7. The van der Waals surface area contributed by atoms with Crippen molar-refractivity contribution in [2.75, 3.05) is 12.4 Å². The zero-order chi connectivity index (χ0) is 31.2. The Balaban J connectivity index is 2.32. The van der Waals surface area contributed by atoms with E-state index in [1.807, 2.05) is 38.1 Å². The third kappa shape index (κ3) is 11.7. The number of carbonyl (C=O) groups is 3. The third-order valence-corrected chi connectivity index (χ3v) is 7.07. The van der Waals surface area contributed by atoms with E-state index in [0.717, 1.165) is 11.1 Å². The van der Waals surface area contributed by atoms with Crippen LogP contribution in [0.5, 0.6) is 5.75 Å². The van der Waals surface area contributed by atoms with Crippen LogP contribution in [0.3, 0.4) is 0 Å². The van der Waals surface area contributed by atoms with Gasteiger partial charge in [-0.1, -0.05) is 63.3 Å². The maximum atomic E-state index is 12.9. The second-order valence-corrected chi connectivity index (χ2v) is 11.0. The van der Waals surface area contributed by atoms with Crippen LogP contribution in [0.25, 0.3) is 0 Å². The van der Waals surface area contributed by atoms with Crippen molar-refractivity contribution < 1.29 is 34.1 Å². The molecule has 0 aromatic heterocycles. The summed E-state index contributed by atoms with van der Waals surface area (Å²) in [6, 6.07) is 4.11. The summed E-state index contributed by atoms with van der Waals surface area (Å²) in [4.78, 5) is 37.5. The van der Waals surface area contributed by atoms with Gasteiger partial charge in [0.05, 0.1) is 18.6 Å². The van der Waals surface area contributed by atoms with Crippen LogP contribution < -0.4 is 10.6 Å². The van der Waals surface area contributed by atoms with E-state index in [9.17, 15) is 24.6 Å². The number of aryl methyl sites for hydroxylation is 1. The Labute approximate surface area is 249 Å². The first-order valence-electron chi connectivity index (χ1n) is 14.4. The van der Waals surface area contributed by atoms with Gasteiger partial charge in [0.1, 0.15) is 17.9 Å². The molecule has 5 atom stereocenters. The van der Waals surface area contributed by atoms with Gasteiger partial charge in [0.2, 0.25) is 11.8 Å². The summed E-state index contributed by atoms with van der Waals surface area (Å²) in [5.74, 6) is -1.73. The molecule has 4 N–H and O–H groups in total. The van der Waals surface area contributed by atoms with Crippen LogP contribution in [0.4, 0.5) is 5.69 Å². The number of allylic oxidation sites excluding steroid dienone is 5. The molecule has 0 saturated carbocycles. The smallest absolute Gasteiger partial charge is 0.328 e. The highest BCUT2D eigenvalue weighted by atomic mass is 16.5. The number of nitrogens with one attached hydrogen (secondary N) is 2. The van der Waals surface area contributed by atoms with Crippen LogP contribution in [0.15, 0.2) is 66.3 Å². The fourth-order valence-electron chi connectivity index (χ4n) is 4.39. The van der Waals surface area contributed by atoms with Gasteiger partial charge in [-0.3, -0.25) is 9.59 Å². The monoisotopic (exact) mass is 582 g/mol. The second kappa shape index (κ2) is 17.3. The molecular weight excluding hydrogens is 536 g/mol. The summed E-state index contributed by atoms with van der Waals surface area (Å²) >= 11 is 0. The van der Waals surface area contributed by atoms with Crippen molar-refractivity contribution in [2.24, 2.45) is 11.8 Å². The van der Waals surface area contributed by atoms with Crippen molar-refractivity contribution in [3.8, 4) is 5.75 Å². The molecule has 1 heterocycles. The number of aliphatic hydroxyl groups is 1. The number of methoxy groups -OCH3 is 1. The topological polar surface area (TPSA) is 134 Å². The lowest BCUT2D eigenvalue weighted by molar-refractivity contribution is -0.156. The quantitative estimate of drug-likeness (QED) is 0.291. The Morgan fingerprint density at radius 1 is 1.10 bits per heavy atom. The fraction of sp³-hybridized carbons (Fsp3) is 0.485. The minimum absolute atomic E-state index is 0.0415. The Kier molecular flexibility index (Phi) is 14.2. The average Bonchev–Trinajstić information content (AvgIpc) is 2.93. The van der Waals surface area contributed by atoms with Crippen LogP contribution in [0, 0.1) is 11.8 Å². The molecule has 1 aliphatic heterocycles. The molecule has 0 radical (unpaired) electrons. The van der Waals surface area contributed by atoms with Gasteiger partial charge in [0.25, 0.3) is 0 Å². The van der Waals surface area contributed by atoms with Crippen molar-refractivity contribution >= 4 is 23.5 Å². The molecule has 230 valence electrons. The number of rotatable bonds is 5. The van der Waals surface area contributed by atoms with Crippen LogP contribution >= 0.6 is 0 Å². The molecule has 0 fully saturated rings. The number of hydrogen-bond donors (Lipinski definition) is 4. The lowest BCUT2D eigenvalue weighted by Crippen LogP contribution is -2.44. The van der Waals surface area contributed by atoms with E-state index in [1.165, 1.54) is 13.2 Å². The van der Waals surface area contributed by atoms with Gasteiger partial charge in [-0.15, -0.1) is 0 Å². The third-order valence-electron chi connectivity index (χ3n) is 7.07. The Hall–Kier alpha value is -3.69. The highest BCUT2D eigenvalue weighted by molar-refractivity contribution is 5.91. The van der Waals surface area contributed by atoms with Crippen LogP contribution in [-0.2, 0) is 30.3 Å². The van der Waals surface area contributed by atoms with Crippen molar-refractivity contribution in [1.82, 2.24) is 5.32 Å². The summed E-state index contributed by atoms with van der Waals surface area (Å²) in [7, 11) is 1.53. The summed E-state index contributed by atoms with van der Waals surface area (Å²) in [5.41, 5.74) is 2.04. The van der Waals surface area contributed by atoms with E-state index >= 15 is 0 Å². The molecule has 42 heavy (non-hydrogen) atoms. The molecule has 0 unspecified atom stereocenters. The summed E-state index contributed by atoms with van der Waals surface area (Å²) < 4.78 is 11.2. The molecule has 9 nitrogen and oxygen atoms in total. The standard InChI is InChI=1S/C33H46N2O7/c1-21(2)32(39)34-24(5)33(40)42-29-16-11-9-7-8-10-15-28(41-6)20-30(37)35-26-17-25(18-27(36)19-26)14-12-13-22(3)31(38)23(29)4/h7-11,13,15,17-19,21,23-24,28-29,31,36,38H,12,14,16,20H2,1-6H3,(H,34,39)(H,35,37)/b8-7+,11-9+,15-10+,22-13+/t23-,24-,28+,29+,31+/m1/s1. The summed E-state index contributed by atoms with van der Waals surface area (Å²) in [6.45, 7) is 8.73. The number of phenolic OH excluding ortho intramolecular Hbond substituents is 1. The Bertz CT molecular complexity index is 1180. The molecule has 1 aliphatic rings. The number of ether oxygens (including phenoxy) is 2. The predicted octanol–water partition coefficient (Wildman–Crippen LogP) is 4.76. The van der Waals surface area contributed by atoms with E-state index in [0.29, 0.717) is 24.9 Å². The molecule has 2 rings (SSSR count). The van der Waals surface area contributed by atoms with Gasteiger partial charge in [0.15, 0.2) is 0 Å². The Morgan fingerprint density at radius 3 is 2.50 bits per heavy atom. The number of aromatic hydroxyl groups is 1. The number of anilines is 1. The zero-order valence-corrected chi connectivity index (χ0v) is 25.5. The van der Waals surface area contributed by atoms with Gasteiger partial charge >= 0.3 is 5.97 Å². The number of benzene rings is 1. The first-order valence-corrected chi connectivity index (χ1v) is 14.4. The van der Waals surface area contributed by atoms with Crippen LogP contribution in [0.2, 0.25) is 0 Å². The summed E-state index contributed by atoms with van der Waals surface area (Å²) in [5, 5.41) is 26.9. The molecule has 1 aromatic rings. The maximum Gasteiger partial charge on any atom is 0.328 e. The van der Waals surface area contributed by atoms with Crippen molar-refractivity contribution in [1.29, 1.82) is 0 Å². The van der Waals surface area contributed by atoms with Gasteiger partial charge in [0, 0.05) is 37.1 Å². The molecule has 9 heteroatoms. The van der Waals surface area contributed by atoms with Crippen molar-refractivity contribution in [3.63, 3.8) is 0 Å². The number of phenols is 1. The summed E-state index contributed by atoms with van der Waals surface area (Å²) in [6.07, 6.45) is 12.4. The van der Waals surface area contributed by atoms with Gasteiger partial charge in [-0.25, -0.2) is 4.79 Å². The molecule has 2 amide bonds. The number of aliphatic hydroxyl groups excluding tert-OH is 1. The zero-order valence-electron chi connectivity index (χ0n) is 25.5.